The minimum Gasteiger partial charge on any atom is -0.357 e. The maximum Gasteiger partial charge on any atom is 0.0459 e. The van der Waals surface area contributed by atoms with Crippen molar-refractivity contribution in [3.8, 4) is 0 Å². The Bertz CT molecular complexity index is 786. The number of pyridine rings is 1. The van der Waals surface area contributed by atoms with Crippen LogP contribution >= 0.6 is 24.8 Å². The summed E-state index contributed by atoms with van der Waals surface area (Å²) in [4.78, 5) is 10.3. The van der Waals surface area contributed by atoms with Crippen molar-refractivity contribution < 1.29 is 0 Å². The van der Waals surface area contributed by atoms with Crippen molar-refractivity contribution in [3.63, 3.8) is 0 Å². The number of unbranched alkanes of at least 4 members (excludes halogenated alkanes) is 1. The maximum atomic E-state index is 4.07. The van der Waals surface area contributed by atoms with Crippen LogP contribution in [0.2, 0.25) is 0 Å². The highest BCUT2D eigenvalue weighted by atomic mass is 35.5. The van der Waals surface area contributed by atoms with Crippen molar-refractivity contribution in [2.75, 3.05) is 13.1 Å². The Morgan fingerprint density at radius 1 is 1.00 bits per heavy atom. The van der Waals surface area contributed by atoms with Crippen LogP contribution in [-0.4, -0.2) is 28.0 Å². The van der Waals surface area contributed by atoms with E-state index >= 15 is 0 Å². The fourth-order valence-corrected chi connectivity index (χ4v) is 3.65. The summed E-state index contributed by atoms with van der Waals surface area (Å²) in [5.74, 6) is 0. The van der Waals surface area contributed by atoms with Crippen LogP contribution in [0.5, 0.6) is 0 Å². The van der Waals surface area contributed by atoms with Gasteiger partial charge in [-0.25, -0.2) is 0 Å². The van der Waals surface area contributed by atoms with Gasteiger partial charge in [0.05, 0.1) is 0 Å². The lowest BCUT2D eigenvalue weighted by Gasteiger charge is -2.26. The number of halogens is 2. The average Bonchev–Trinajstić information content (AvgIpc) is 2.97. The van der Waals surface area contributed by atoms with E-state index in [0.29, 0.717) is 0 Å². The zero-order chi connectivity index (χ0) is 15.5. The maximum absolute atomic E-state index is 4.07. The number of benzene rings is 1. The zero-order valence-corrected chi connectivity index (χ0v) is 15.9. The Morgan fingerprint density at radius 2 is 1.80 bits per heavy atom. The molecule has 4 rings (SSSR count). The molecule has 0 saturated carbocycles. The molecule has 2 aromatic heterocycles. The first-order valence-corrected chi connectivity index (χ1v) is 8.60. The van der Waals surface area contributed by atoms with Crippen LogP contribution in [-0.2, 0) is 19.4 Å². The summed E-state index contributed by atoms with van der Waals surface area (Å²) in [6.07, 6.45) is 8.62. The molecule has 0 atom stereocenters. The summed E-state index contributed by atoms with van der Waals surface area (Å²) >= 11 is 0. The average molecular weight is 378 g/mol. The van der Waals surface area contributed by atoms with Gasteiger partial charge in [-0.05, 0) is 61.6 Å². The third-order valence-electron chi connectivity index (χ3n) is 4.90. The quantitative estimate of drug-likeness (QED) is 0.648. The number of nitrogens with zero attached hydrogens (tertiary/aromatic N) is 2. The molecule has 0 spiro atoms. The molecule has 1 N–H and O–H groups in total. The Hall–Kier alpha value is -1.55. The van der Waals surface area contributed by atoms with Gasteiger partial charge in [-0.3, -0.25) is 9.88 Å². The smallest absolute Gasteiger partial charge is 0.0459 e. The number of H-pyrrole nitrogens is 1. The fraction of sp³-hybridized carbons (Fsp3) is 0.350. The number of nitrogens with one attached hydrogen (secondary N) is 1. The predicted octanol–water partition coefficient (Wildman–Crippen LogP) is 4.79. The fourth-order valence-electron chi connectivity index (χ4n) is 3.65. The molecule has 0 radical (unpaired) electrons. The molecule has 0 amide bonds. The van der Waals surface area contributed by atoms with Crippen molar-refractivity contribution in [1.29, 1.82) is 0 Å². The number of aromatic amines is 1. The summed E-state index contributed by atoms with van der Waals surface area (Å²) in [5.41, 5.74) is 5.65. The van der Waals surface area contributed by atoms with Gasteiger partial charge >= 0.3 is 0 Å². The van der Waals surface area contributed by atoms with Gasteiger partial charge in [0.25, 0.3) is 0 Å². The topological polar surface area (TPSA) is 31.9 Å². The van der Waals surface area contributed by atoms with Crippen LogP contribution < -0.4 is 0 Å². The van der Waals surface area contributed by atoms with Crippen LogP contribution in [0.3, 0.4) is 0 Å². The van der Waals surface area contributed by atoms with Crippen molar-refractivity contribution in [2.45, 2.75) is 32.2 Å². The molecule has 3 nitrogen and oxygen atoms in total. The second kappa shape index (κ2) is 9.23. The third-order valence-corrected chi connectivity index (χ3v) is 4.90. The number of fused-ring (bicyclic) bond motifs is 3. The molecule has 0 aliphatic carbocycles. The second-order valence-corrected chi connectivity index (χ2v) is 6.47. The molecule has 5 heteroatoms. The van der Waals surface area contributed by atoms with E-state index in [2.05, 4.69) is 51.3 Å². The van der Waals surface area contributed by atoms with Crippen LogP contribution in [0.15, 0.2) is 48.8 Å². The molecule has 0 bridgehead atoms. The molecule has 1 aliphatic rings. The highest BCUT2D eigenvalue weighted by Crippen LogP contribution is 2.27. The molecule has 3 heterocycles. The van der Waals surface area contributed by atoms with E-state index in [1.54, 1.807) is 0 Å². The van der Waals surface area contributed by atoms with E-state index < -0.39 is 0 Å². The standard InChI is InChI=1S/C20H23N3.2ClH/c1-2-7-19-17(6-1)18-10-14-23(15-20(18)22-19)13-4-3-5-16-8-11-21-12-9-16;;/h1-2,6-9,11-12,22H,3-5,10,13-15H2;2*1H. The number of aromatic nitrogens is 2. The summed E-state index contributed by atoms with van der Waals surface area (Å²) < 4.78 is 0. The lowest BCUT2D eigenvalue weighted by Crippen LogP contribution is -2.31. The largest absolute Gasteiger partial charge is 0.357 e. The number of aryl methyl sites for hydroxylation is 1. The summed E-state index contributed by atoms with van der Waals surface area (Å²) in [6, 6.07) is 12.9. The highest BCUT2D eigenvalue weighted by molar-refractivity contribution is 5.86. The Labute approximate surface area is 161 Å². The van der Waals surface area contributed by atoms with Crippen LogP contribution in [0.4, 0.5) is 0 Å². The first-order valence-electron chi connectivity index (χ1n) is 8.60. The Balaban J connectivity index is 0.00000113. The molecule has 1 aromatic carbocycles. The monoisotopic (exact) mass is 377 g/mol. The predicted molar refractivity (Wildman–Crippen MR) is 109 cm³/mol. The molecule has 3 aromatic rings. The Kier molecular flexibility index (Phi) is 7.30. The SMILES string of the molecule is Cl.Cl.c1ccc2c3c([nH]c2c1)CN(CCCCc1ccncc1)CC3. The van der Waals surface area contributed by atoms with Gasteiger partial charge in [0.1, 0.15) is 0 Å². The van der Waals surface area contributed by atoms with Crippen molar-refractivity contribution in [3.05, 3.63) is 65.6 Å². The van der Waals surface area contributed by atoms with E-state index in [1.807, 2.05) is 12.4 Å². The summed E-state index contributed by atoms with van der Waals surface area (Å²) in [5, 5.41) is 1.42. The number of para-hydroxylation sites is 1. The molecular weight excluding hydrogens is 353 g/mol. The van der Waals surface area contributed by atoms with Gasteiger partial charge in [-0.15, -0.1) is 24.8 Å². The second-order valence-electron chi connectivity index (χ2n) is 6.47. The van der Waals surface area contributed by atoms with E-state index in [0.717, 1.165) is 13.0 Å². The van der Waals surface area contributed by atoms with Gasteiger partial charge in [-0.2, -0.15) is 0 Å². The lowest BCUT2D eigenvalue weighted by molar-refractivity contribution is 0.247. The number of hydrogen-bond donors (Lipinski definition) is 1. The lowest BCUT2D eigenvalue weighted by atomic mass is 10.0. The van der Waals surface area contributed by atoms with Crippen LogP contribution in [0.1, 0.15) is 29.7 Å². The minimum absolute atomic E-state index is 0. The molecule has 1 aliphatic heterocycles. The van der Waals surface area contributed by atoms with Crippen molar-refractivity contribution >= 4 is 35.7 Å². The van der Waals surface area contributed by atoms with Crippen LogP contribution in [0.25, 0.3) is 10.9 Å². The van der Waals surface area contributed by atoms with E-state index in [9.17, 15) is 0 Å². The molecule has 0 unspecified atom stereocenters. The Morgan fingerprint density at radius 3 is 2.64 bits per heavy atom. The van der Waals surface area contributed by atoms with Crippen molar-refractivity contribution in [2.24, 2.45) is 0 Å². The first kappa shape index (κ1) is 19.8. The van der Waals surface area contributed by atoms with Gasteiger partial charge < -0.3 is 4.98 Å². The van der Waals surface area contributed by atoms with Gasteiger partial charge in [0.2, 0.25) is 0 Å². The normalized spacial score (nSPS) is 13.8. The van der Waals surface area contributed by atoms with E-state index in [1.165, 1.54) is 60.1 Å². The van der Waals surface area contributed by atoms with E-state index in [-0.39, 0.29) is 24.8 Å². The molecule has 25 heavy (non-hydrogen) atoms. The summed E-state index contributed by atoms with van der Waals surface area (Å²) in [6.45, 7) is 3.45. The van der Waals surface area contributed by atoms with Gasteiger partial charge in [0, 0.05) is 42.1 Å². The number of rotatable bonds is 5. The highest BCUT2D eigenvalue weighted by Gasteiger charge is 2.19. The third kappa shape index (κ3) is 4.55. The molecular formula is C20H25Cl2N3. The van der Waals surface area contributed by atoms with Gasteiger partial charge in [0.15, 0.2) is 0 Å². The first-order chi connectivity index (χ1) is 11.4. The summed E-state index contributed by atoms with van der Waals surface area (Å²) in [7, 11) is 0. The molecule has 134 valence electrons. The van der Waals surface area contributed by atoms with E-state index in [4.69, 9.17) is 0 Å². The minimum atomic E-state index is 0. The van der Waals surface area contributed by atoms with Crippen molar-refractivity contribution in [1.82, 2.24) is 14.9 Å². The van der Waals surface area contributed by atoms with Crippen LogP contribution in [0, 0.1) is 0 Å². The molecule has 0 fully saturated rings. The molecule has 0 saturated heterocycles. The number of hydrogen-bond acceptors (Lipinski definition) is 2. The van der Waals surface area contributed by atoms with Gasteiger partial charge in [-0.1, -0.05) is 18.2 Å². The zero-order valence-electron chi connectivity index (χ0n) is 14.3.